The molecule has 0 aliphatic carbocycles. The van der Waals surface area contributed by atoms with E-state index in [1.807, 2.05) is 0 Å². The number of hydrogen-bond acceptors (Lipinski definition) is 4. The zero-order chi connectivity index (χ0) is 18.7. The van der Waals surface area contributed by atoms with Gasteiger partial charge in [0.15, 0.2) is 0 Å². The molecule has 3 rings (SSSR count). The number of methoxy groups -OCH3 is 1. The van der Waals surface area contributed by atoms with E-state index in [-0.39, 0.29) is 23.2 Å². The zero-order valence-corrected chi connectivity index (χ0v) is 14.0. The highest BCUT2D eigenvalue weighted by Crippen LogP contribution is 2.33. The third kappa shape index (κ3) is 4.07. The fourth-order valence-electron chi connectivity index (χ4n) is 2.70. The first-order valence-corrected chi connectivity index (χ1v) is 8.07. The summed E-state index contributed by atoms with van der Waals surface area (Å²) in [6.07, 6.45) is -2.61. The van der Waals surface area contributed by atoms with Crippen molar-refractivity contribution in [3.05, 3.63) is 47.7 Å². The van der Waals surface area contributed by atoms with Gasteiger partial charge in [0.05, 0.1) is 12.7 Å². The Kier molecular flexibility index (Phi) is 5.01. The van der Waals surface area contributed by atoms with Gasteiger partial charge in [-0.05, 0) is 31.0 Å². The van der Waals surface area contributed by atoms with Crippen LogP contribution in [0.4, 0.5) is 13.2 Å². The number of carbonyl (C=O) groups excluding carboxylic acids is 1. The number of aromatic nitrogens is 1. The summed E-state index contributed by atoms with van der Waals surface area (Å²) in [5.41, 5.74) is -0.695. The lowest BCUT2D eigenvalue weighted by molar-refractivity contribution is -0.137. The molecule has 0 spiro atoms. The fraction of sp³-hybridized carbons (Fsp3) is 0.333. The van der Waals surface area contributed by atoms with Crippen LogP contribution in [0.2, 0.25) is 0 Å². The summed E-state index contributed by atoms with van der Waals surface area (Å²) >= 11 is 0. The molecule has 1 saturated heterocycles. The highest BCUT2D eigenvalue weighted by molar-refractivity contribution is 5.93. The van der Waals surface area contributed by atoms with Crippen molar-refractivity contribution >= 4 is 5.91 Å². The number of halogens is 3. The van der Waals surface area contributed by atoms with Gasteiger partial charge in [-0.1, -0.05) is 6.07 Å². The molecular formula is C18H17F3N2O3. The first kappa shape index (κ1) is 18.0. The molecule has 1 fully saturated rings. The molecule has 0 unspecified atom stereocenters. The molecule has 1 aromatic carbocycles. The second-order valence-electron chi connectivity index (χ2n) is 5.86. The molecule has 1 aliphatic rings. The number of hydrogen-bond donors (Lipinski definition) is 0. The maximum absolute atomic E-state index is 12.8. The van der Waals surface area contributed by atoms with Crippen LogP contribution in [0.15, 0.2) is 36.4 Å². The van der Waals surface area contributed by atoms with Crippen LogP contribution in [0.25, 0.3) is 0 Å². The minimum absolute atomic E-state index is 0.00813. The van der Waals surface area contributed by atoms with Crippen molar-refractivity contribution < 1.29 is 27.4 Å². The number of rotatable bonds is 4. The minimum Gasteiger partial charge on any atom is -0.496 e. The van der Waals surface area contributed by atoms with Crippen LogP contribution in [0.5, 0.6) is 17.4 Å². The van der Waals surface area contributed by atoms with Gasteiger partial charge >= 0.3 is 6.18 Å². The monoisotopic (exact) mass is 366 g/mol. The Morgan fingerprint density at radius 3 is 2.50 bits per heavy atom. The van der Waals surface area contributed by atoms with Crippen molar-refractivity contribution in [3.63, 3.8) is 0 Å². The van der Waals surface area contributed by atoms with Gasteiger partial charge in [-0.25, -0.2) is 4.98 Å². The van der Waals surface area contributed by atoms with Gasteiger partial charge in [0.1, 0.15) is 17.2 Å². The van der Waals surface area contributed by atoms with Crippen molar-refractivity contribution in [1.29, 1.82) is 0 Å². The first-order valence-electron chi connectivity index (χ1n) is 8.07. The van der Waals surface area contributed by atoms with E-state index in [2.05, 4.69) is 4.98 Å². The molecule has 8 heteroatoms. The van der Waals surface area contributed by atoms with Gasteiger partial charge in [-0.2, -0.15) is 13.2 Å². The Morgan fingerprint density at radius 1 is 1.12 bits per heavy atom. The summed E-state index contributed by atoms with van der Waals surface area (Å²) in [5.74, 6) is 0.0474. The van der Waals surface area contributed by atoms with E-state index in [4.69, 9.17) is 9.47 Å². The molecule has 0 N–H and O–H groups in total. The van der Waals surface area contributed by atoms with Gasteiger partial charge in [0, 0.05) is 25.2 Å². The normalized spacial score (nSPS) is 14.4. The average Bonchev–Trinajstić information content (AvgIpc) is 3.15. The average molecular weight is 366 g/mol. The minimum atomic E-state index is -4.47. The lowest BCUT2D eigenvalue weighted by atomic mass is 10.2. The Hall–Kier alpha value is -2.77. The second kappa shape index (κ2) is 7.23. The van der Waals surface area contributed by atoms with Gasteiger partial charge in [-0.3, -0.25) is 4.79 Å². The Labute approximate surface area is 148 Å². The molecule has 26 heavy (non-hydrogen) atoms. The maximum atomic E-state index is 12.8. The van der Waals surface area contributed by atoms with Gasteiger partial charge in [-0.15, -0.1) is 0 Å². The third-order valence-corrected chi connectivity index (χ3v) is 4.01. The molecule has 0 bridgehead atoms. The number of benzene rings is 1. The zero-order valence-electron chi connectivity index (χ0n) is 14.0. The van der Waals surface area contributed by atoms with Crippen LogP contribution in [0.1, 0.15) is 28.9 Å². The molecule has 2 aromatic rings. The van der Waals surface area contributed by atoms with Crippen LogP contribution >= 0.6 is 0 Å². The Morgan fingerprint density at radius 2 is 1.85 bits per heavy atom. The van der Waals surface area contributed by atoms with Crippen LogP contribution in [0, 0.1) is 0 Å². The second-order valence-corrected chi connectivity index (χ2v) is 5.86. The standard InChI is InChI=1S/C18H17F3N2O3/c1-25-14-10-15(17(24)23-7-2-3-8-23)22-16(11-14)26-13-6-4-5-12(9-13)18(19,20)21/h4-6,9-11H,2-3,7-8H2,1H3. The smallest absolute Gasteiger partial charge is 0.416 e. The molecule has 2 heterocycles. The Bertz CT molecular complexity index is 803. The largest absolute Gasteiger partial charge is 0.496 e. The van der Waals surface area contributed by atoms with Crippen molar-refractivity contribution in [2.24, 2.45) is 0 Å². The van der Waals surface area contributed by atoms with E-state index >= 15 is 0 Å². The van der Waals surface area contributed by atoms with Crippen LogP contribution in [-0.4, -0.2) is 36.0 Å². The topological polar surface area (TPSA) is 51.7 Å². The van der Waals surface area contributed by atoms with Crippen LogP contribution < -0.4 is 9.47 Å². The van der Waals surface area contributed by atoms with Crippen LogP contribution in [-0.2, 0) is 6.18 Å². The van der Waals surface area contributed by atoms with E-state index < -0.39 is 11.7 Å². The van der Waals surface area contributed by atoms with E-state index in [0.717, 1.165) is 25.0 Å². The summed E-state index contributed by atoms with van der Waals surface area (Å²) in [5, 5.41) is 0. The number of ether oxygens (including phenoxy) is 2. The summed E-state index contributed by atoms with van der Waals surface area (Å²) in [6, 6.07) is 7.37. The van der Waals surface area contributed by atoms with Crippen LogP contribution in [0.3, 0.4) is 0 Å². The predicted octanol–water partition coefficient (Wildman–Crippen LogP) is 4.14. The number of alkyl halides is 3. The van der Waals surface area contributed by atoms with E-state index in [1.165, 1.54) is 31.4 Å². The van der Waals surface area contributed by atoms with Gasteiger partial charge in [0.25, 0.3) is 5.91 Å². The summed E-state index contributed by atoms with van der Waals surface area (Å²) in [6.45, 7) is 1.31. The van der Waals surface area contributed by atoms with Crippen molar-refractivity contribution in [1.82, 2.24) is 9.88 Å². The highest BCUT2D eigenvalue weighted by atomic mass is 19.4. The maximum Gasteiger partial charge on any atom is 0.416 e. The van der Waals surface area contributed by atoms with Crippen molar-refractivity contribution in [2.45, 2.75) is 19.0 Å². The lowest BCUT2D eigenvalue weighted by Crippen LogP contribution is -2.28. The third-order valence-electron chi connectivity index (χ3n) is 4.01. The predicted molar refractivity (Wildman–Crippen MR) is 87.4 cm³/mol. The number of nitrogens with zero attached hydrogens (tertiary/aromatic N) is 2. The summed E-state index contributed by atoms with van der Waals surface area (Å²) in [7, 11) is 1.42. The van der Waals surface area contributed by atoms with Gasteiger partial charge in [0.2, 0.25) is 5.88 Å². The molecule has 1 amide bonds. The first-order chi connectivity index (χ1) is 12.4. The Balaban J connectivity index is 1.88. The molecule has 0 atom stereocenters. The lowest BCUT2D eigenvalue weighted by Gasteiger charge is -2.16. The van der Waals surface area contributed by atoms with Crippen molar-refractivity contribution in [2.75, 3.05) is 20.2 Å². The molecule has 0 radical (unpaired) electrons. The van der Waals surface area contributed by atoms with E-state index in [1.54, 1.807) is 4.90 Å². The summed E-state index contributed by atoms with van der Waals surface area (Å²) in [4.78, 5) is 18.3. The number of carbonyl (C=O) groups is 1. The van der Waals surface area contributed by atoms with Gasteiger partial charge < -0.3 is 14.4 Å². The SMILES string of the molecule is COc1cc(Oc2cccc(C(F)(F)F)c2)nc(C(=O)N2CCCC2)c1. The fourth-order valence-corrected chi connectivity index (χ4v) is 2.70. The highest BCUT2D eigenvalue weighted by Gasteiger charge is 2.30. The number of pyridine rings is 1. The molecule has 138 valence electrons. The number of likely N-dealkylation sites (tertiary alicyclic amines) is 1. The van der Waals surface area contributed by atoms with E-state index in [9.17, 15) is 18.0 Å². The molecule has 0 saturated carbocycles. The summed E-state index contributed by atoms with van der Waals surface area (Å²) < 4.78 is 49.1. The molecule has 1 aliphatic heterocycles. The molecule has 1 aromatic heterocycles. The van der Waals surface area contributed by atoms with E-state index in [0.29, 0.717) is 18.8 Å². The quantitative estimate of drug-likeness (QED) is 0.816. The molecular weight excluding hydrogens is 349 g/mol. The molecule has 5 nitrogen and oxygen atoms in total. The number of amides is 1. The van der Waals surface area contributed by atoms with Crippen molar-refractivity contribution in [3.8, 4) is 17.4 Å².